The number of carbonyl (C=O) groups is 1. The SMILES string of the molecule is CN(C[C@@H]1C[C@H](c2ccc(CO)cc2)O[C@H](c2ccc(NC(=O)c3cnc4ccccc4n3)cc2)O1)C[C@@H](O)c1cccc(O)c1. The molecule has 1 saturated heterocycles. The molecule has 0 aliphatic carbocycles. The van der Waals surface area contributed by atoms with Crippen molar-refractivity contribution >= 4 is 22.6 Å². The number of para-hydroxylation sites is 2. The maximum Gasteiger partial charge on any atom is 0.275 e. The fraction of sp³-hybridized carbons (Fsp3) is 0.250. The Morgan fingerprint density at radius 3 is 2.43 bits per heavy atom. The van der Waals surface area contributed by atoms with Crippen LogP contribution in [-0.2, 0) is 16.1 Å². The summed E-state index contributed by atoms with van der Waals surface area (Å²) in [6, 6.07) is 29.0. The van der Waals surface area contributed by atoms with Crippen molar-refractivity contribution in [3.63, 3.8) is 0 Å². The van der Waals surface area contributed by atoms with E-state index in [1.807, 2.05) is 72.6 Å². The van der Waals surface area contributed by atoms with E-state index in [9.17, 15) is 20.1 Å². The molecule has 2 heterocycles. The molecule has 5 aromatic rings. The van der Waals surface area contributed by atoms with Gasteiger partial charge >= 0.3 is 0 Å². The highest BCUT2D eigenvalue weighted by Crippen LogP contribution is 2.38. The third kappa shape index (κ3) is 7.56. The van der Waals surface area contributed by atoms with Gasteiger partial charge in [-0.15, -0.1) is 0 Å². The molecule has 236 valence electrons. The number of hydrogen-bond donors (Lipinski definition) is 4. The average Bonchev–Trinajstić information content (AvgIpc) is 3.08. The number of aromatic hydroxyl groups is 1. The second kappa shape index (κ2) is 14.2. The molecular formula is C36H36N4O6. The zero-order valence-corrected chi connectivity index (χ0v) is 25.4. The summed E-state index contributed by atoms with van der Waals surface area (Å²) in [5.74, 6) is -0.253. The fourth-order valence-electron chi connectivity index (χ4n) is 5.57. The van der Waals surface area contributed by atoms with E-state index in [-0.39, 0.29) is 36.2 Å². The largest absolute Gasteiger partial charge is 0.508 e. The predicted molar refractivity (Wildman–Crippen MR) is 173 cm³/mol. The number of carbonyl (C=O) groups excluding carboxylic acids is 1. The molecule has 1 aliphatic heterocycles. The third-order valence-electron chi connectivity index (χ3n) is 7.99. The highest BCUT2D eigenvalue weighted by atomic mass is 16.7. The number of aromatic nitrogens is 2. The lowest BCUT2D eigenvalue weighted by atomic mass is 9.99. The van der Waals surface area contributed by atoms with Crippen molar-refractivity contribution in [3.05, 3.63) is 131 Å². The number of anilines is 1. The minimum atomic E-state index is -0.780. The first-order chi connectivity index (χ1) is 22.3. The summed E-state index contributed by atoms with van der Waals surface area (Å²) in [6.07, 6.45) is 0.0885. The number of fused-ring (bicyclic) bond motifs is 1. The summed E-state index contributed by atoms with van der Waals surface area (Å²) in [5, 5.41) is 33.0. The normalized spacial score (nSPS) is 18.8. The van der Waals surface area contributed by atoms with Crippen LogP contribution in [0.5, 0.6) is 5.75 Å². The number of rotatable bonds is 10. The number of benzene rings is 4. The summed E-state index contributed by atoms with van der Waals surface area (Å²) >= 11 is 0. The topological polar surface area (TPSA) is 137 Å². The molecule has 4 N–H and O–H groups in total. The average molecular weight is 621 g/mol. The molecule has 10 heteroatoms. The van der Waals surface area contributed by atoms with Gasteiger partial charge in [0.05, 0.1) is 42.1 Å². The van der Waals surface area contributed by atoms with Gasteiger partial charge in [0.25, 0.3) is 5.91 Å². The molecule has 1 aliphatic rings. The van der Waals surface area contributed by atoms with Crippen LogP contribution in [-0.4, -0.2) is 62.3 Å². The van der Waals surface area contributed by atoms with Gasteiger partial charge in [0.1, 0.15) is 11.4 Å². The minimum Gasteiger partial charge on any atom is -0.508 e. The molecule has 0 unspecified atom stereocenters. The Hall–Kier alpha value is -4.71. The van der Waals surface area contributed by atoms with Crippen LogP contribution in [0.25, 0.3) is 11.0 Å². The molecule has 1 aromatic heterocycles. The van der Waals surface area contributed by atoms with Crippen LogP contribution < -0.4 is 5.32 Å². The number of phenolic OH excluding ortho intramolecular Hbond substituents is 1. The molecular weight excluding hydrogens is 584 g/mol. The fourth-order valence-corrected chi connectivity index (χ4v) is 5.57. The van der Waals surface area contributed by atoms with Crippen molar-refractivity contribution in [1.82, 2.24) is 14.9 Å². The van der Waals surface area contributed by atoms with Crippen molar-refractivity contribution in [3.8, 4) is 5.75 Å². The number of likely N-dealkylation sites (N-methyl/N-ethyl adjacent to an activating group) is 1. The van der Waals surface area contributed by atoms with Gasteiger partial charge in [-0.25, -0.2) is 4.98 Å². The van der Waals surface area contributed by atoms with Crippen molar-refractivity contribution in [2.75, 3.05) is 25.5 Å². The molecule has 10 nitrogen and oxygen atoms in total. The molecule has 0 spiro atoms. The molecule has 0 saturated carbocycles. The number of aliphatic hydroxyl groups is 2. The van der Waals surface area contributed by atoms with Crippen LogP contribution in [0.1, 0.15) is 57.7 Å². The zero-order chi connectivity index (χ0) is 32.0. The maximum atomic E-state index is 12.9. The van der Waals surface area contributed by atoms with E-state index in [4.69, 9.17) is 9.47 Å². The molecule has 6 rings (SSSR count). The van der Waals surface area contributed by atoms with Gasteiger partial charge < -0.3 is 35.0 Å². The highest BCUT2D eigenvalue weighted by Gasteiger charge is 2.33. The van der Waals surface area contributed by atoms with Crippen LogP contribution >= 0.6 is 0 Å². The summed E-state index contributed by atoms with van der Waals surface area (Å²) in [4.78, 5) is 23.7. The second-order valence-electron chi connectivity index (χ2n) is 11.5. The Morgan fingerprint density at radius 1 is 0.957 bits per heavy atom. The Morgan fingerprint density at radius 2 is 1.70 bits per heavy atom. The van der Waals surface area contributed by atoms with Gasteiger partial charge in [-0.2, -0.15) is 0 Å². The first-order valence-electron chi connectivity index (χ1n) is 15.1. The molecule has 46 heavy (non-hydrogen) atoms. The van der Waals surface area contributed by atoms with Gasteiger partial charge in [-0.05, 0) is 60.1 Å². The molecule has 4 atom stereocenters. The lowest BCUT2D eigenvalue weighted by Gasteiger charge is -2.38. The van der Waals surface area contributed by atoms with Crippen LogP contribution in [0.2, 0.25) is 0 Å². The summed E-state index contributed by atoms with van der Waals surface area (Å²) < 4.78 is 12.9. The predicted octanol–water partition coefficient (Wildman–Crippen LogP) is 5.29. The molecule has 4 aromatic carbocycles. The standard InChI is InChI=1S/C36H36N4O6/c1-40(21-33(43)26-5-4-6-28(42)17-26)20-29-18-34(24-11-9-23(22-41)10-12-24)46-36(45-29)25-13-15-27(16-14-25)38-35(44)32-19-37-30-7-2-3-8-31(30)39-32/h2-17,19,29,33-34,36,41-43H,18,20-22H2,1H3,(H,38,44)/t29-,33+,34+,36+/m0/s1. The lowest BCUT2D eigenvalue weighted by molar-refractivity contribution is -0.252. The van der Waals surface area contributed by atoms with E-state index in [0.29, 0.717) is 36.3 Å². The summed E-state index contributed by atoms with van der Waals surface area (Å²) in [6.45, 7) is 0.839. The monoisotopic (exact) mass is 620 g/mol. The van der Waals surface area contributed by atoms with Gasteiger partial charge in [-0.3, -0.25) is 9.78 Å². The third-order valence-corrected chi connectivity index (χ3v) is 7.99. The molecule has 0 radical (unpaired) electrons. The lowest BCUT2D eigenvalue weighted by Crippen LogP contribution is -2.39. The molecule has 1 fully saturated rings. The number of amides is 1. The van der Waals surface area contributed by atoms with E-state index in [1.165, 1.54) is 6.20 Å². The quantitative estimate of drug-likeness (QED) is 0.164. The number of aliphatic hydroxyl groups excluding tert-OH is 2. The zero-order valence-electron chi connectivity index (χ0n) is 25.4. The van der Waals surface area contributed by atoms with Crippen LogP contribution in [0.3, 0.4) is 0 Å². The maximum absolute atomic E-state index is 12.9. The number of phenols is 1. The number of nitrogens with one attached hydrogen (secondary N) is 1. The van der Waals surface area contributed by atoms with Crippen molar-refractivity contribution < 1.29 is 29.6 Å². The van der Waals surface area contributed by atoms with Crippen LogP contribution in [0.4, 0.5) is 5.69 Å². The van der Waals surface area contributed by atoms with Gasteiger partial charge in [0.2, 0.25) is 0 Å². The van der Waals surface area contributed by atoms with Crippen LogP contribution in [0.15, 0.2) is 103 Å². The molecule has 0 bridgehead atoms. The summed E-state index contributed by atoms with van der Waals surface area (Å²) in [5.41, 5.74) is 5.38. The number of ether oxygens (including phenoxy) is 2. The van der Waals surface area contributed by atoms with Crippen LogP contribution in [0, 0.1) is 0 Å². The van der Waals surface area contributed by atoms with Crippen molar-refractivity contribution in [2.45, 2.75) is 37.6 Å². The smallest absolute Gasteiger partial charge is 0.275 e. The first-order valence-corrected chi connectivity index (χ1v) is 15.1. The van der Waals surface area contributed by atoms with Crippen molar-refractivity contribution in [2.24, 2.45) is 0 Å². The summed E-state index contributed by atoms with van der Waals surface area (Å²) in [7, 11) is 1.92. The number of hydrogen-bond acceptors (Lipinski definition) is 9. The Labute approximate surface area is 266 Å². The van der Waals surface area contributed by atoms with E-state index in [1.54, 1.807) is 36.4 Å². The minimum absolute atomic E-state index is 0.0389. The Balaban J connectivity index is 1.15. The van der Waals surface area contributed by atoms with Gasteiger partial charge in [0.15, 0.2) is 6.29 Å². The van der Waals surface area contributed by atoms with E-state index >= 15 is 0 Å². The second-order valence-corrected chi connectivity index (χ2v) is 11.5. The Bertz CT molecular complexity index is 1780. The van der Waals surface area contributed by atoms with E-state index in [2.05, 4.69) is 15.3 Å². The first kappa shape index (κ1) is 31.3. The molecule has 1 amide bonds. The number of nitrogens with zero attached hydrogens (tertiary/aromatic N) is 3. The Kier molecular flexibility index (Phi) is 9.62. The van der Waals surface area contributed by atoms with Crippen molar-refractivity contribution in [1.29, 1.82) is 0 Å². The highest BCUT2D eigenvalue weighted by molar-refractivity contribution is 6.03. The van der Waals surface area contributed by atoms with Gasteiger partial charge in [-0.1, -0.05) is 60.7 Å². The van der Waals surface area contributed by atoms with E-state index < -0.39 is 12.4 Å². The van der Waals surface area contributed by atoms with E-state index in [0.717, 1.165) is 22.2 Å². The van der Waals surface area contributed by atoms with Gasteiger partial charge in [0, 0.05) is 30.8 Å².